The van der Waals surface area contributed by atoms with Crippen molar-refractivity contribution in [3.63, 3.8) is 0 Å². The van der Waals surface area contributed by atoms with E-state index < -0.39 is 0 Å². The van der Waals surface area contributed by atoms with Crippen molar-refractivity contribution in [3.8, 4) is 11.4 Å². The molecule has 0 aromatic carbocycles. The monoisotopic (exact) mass is 502 g/mol. The van der Waals surface area contributed by atoms with E-state index in [1.807, 2.05) is 12.1 Å². The molecule has 1 atom stereocenters. The highest BCUT2D eigenvalue weighted by molar-refractivity contribution is 6.32. The molecule has 192 valence electrons. The fourth-order valence-corrected chi connectivity index (χ4v) is 5.12. The van der Waals surface area contributed by atoms with Gasteiger partial charge in [-0.3, -0.25) is 4.98 Å². The molecular formula is C26H39ClN6O2. The Morgan fingerprint density at radius 3 is 2.66 bits per heavy atom. The van der Waals surface area contributed by atoms with Crippen LogP contribution in [0.5, 0.6) is 0 Å². The van der Waals surface area contributed by atoms with Gasteiger partial charge >= 0.3 is 0 Å². The first-order chi connectivity index (χ1) is 16.9. The third-order valence-electron chi connectivity index (χ3n) is 7.16. The van der Waals surface area contributed by atoms with Crippen LogP contribution in [0.4, 0.5) is 11.6 Å². The van der Waals surface area contributed by atoms with Crippen molar-refractivity contribution in [1.29, 1.82) is 0 Å². The fourth-order valence-electron chi connectivity index (χ4n) is 4.93. The molecule has 1 aliphatic heterocycles. The Bertz CT molecular complexity index is 947. The largest absolute Gasteiger partial charge is 0.384 e. The molecule has 4 rings (SSSR count). The Balaban J connectivity index is 1.36. The first-order valence-corrected chi connectivity index (χ1v) is 13.1. The van der Waals surface area contributed by atoms with Gasteiger partial charge in [-0.05, 0) is 63.0 Å². The van der Waals surface area contributed by atoms with Gasteiger partial charge in [-0.15, -0.1) is 0 Å². The van der Waals surface area contributed by atoms with Crippen molar-refractivity contribution >= 4 is 23.2 Å². The van der Waals surface area contributed by atoms with Gasteiger partial charge in [0, 0.05) is 56.9 Å². The van der Waals surface area contributed by atoms with Gasteiger partial charge in [0.1, 0.15) is 5.69 Å². The van der Waals surface area contributed by atoms with Crippen LogP contribution in [0.25, 0.3) is 11.4 Å². The van der Waals surface area contributed by atoms with Crippen LogP contribution in [0.3, 0.4) is 0 Å². The molecule has 9 heteroatoms. The van der Waals surface area contributed by atoms with E-state index in [-0.39, 0.29) is 5.41 Å². The molecule has 3 N–H and O–H groups in total. The topological polar surface area (TPSA) is 93.2 Å². The van der Waals surface area contributed by atoms with Crippen molar-refractivity contribution < 1.29 is 9.47 Å². The lowest BCUT2D eigenvalue weighted by atomic mass is 9.82. The van der Waals surface area contributed by atoms with Gasteiger partial charge in [0.2, 0.25) is 5.95 Å². The van der Waals surface area contributed by atoms with Gasteiger partial charge in [-0.1, -0.05) is 18.5 Å². The molecule has 2 aliphatic rings. The van der Waals surface area contributed by atoms with Crippen LogP contribution >= 0.6 is 11.6 Å². The maximum Gasteiger partial charge on any atom is 0.223 e. The predicted octanol–water partition coefficient (Wildman–Crippen LogP) is 4.77. The van der Waals surface area contributed by atoms with E-state index in [0.717, 1.165) is 76.3 Å². The number of rotatable bonds is 10. The van der Waals surface area contributed by atoms with Gasteiger partial charge in [0.25, 0.3) is 0 Å². The van der Waals surface area contributed by atoms with Gasteiger partial charge in [-0.2, -0.15) is 0 Å². The van der Waals surface area contributed by atoms with Crippen molar-refractivity contribution in [1.82, 2.24) is 20.3 Å². The highest BCUT2D eigenvalue weighted by Crippen LogP contribution is 2.31. The summed E-state index contributed by atoms with van der Waals surface area (Å²) in [6.07, 6.45) is 9.97. The number of hydrogen-bond donors (Lipinski definition) is 3. The van der Waals surface area contributed by atoms with E-state index in [0.29, 0.717) is 34.8 Å². The second-order valence-corrected chi connectivity index (χ2v) is 10.7. The summed E-state index contributed by atoms with van der Waals surface area (Å²) in [5, 5.41) is 11.3. The molecule has 2 aromatic heterocycles. The molecule has 2 fully saturated rings. The number of nitrogens with one attached hydrogen (secondary N) is 3. The molecule has 0 bridgehead atoms. The molecule has 1 saturated heterocycles. The van der Waals surface area contributed by atoms with E-state index in [2.05, 4.69) is 39.8 Å². The minimum absolute atomic E-state index is 0.238. The number of pyridine rings is 1. The number of halogens is 1. The number of anilines is 2. The minimum Gasteiger partial charge on any atom is -0.384 e. The van der Waals surface area contributed by atoms with Crippen molar-refractivity contribution in [2.24, 2.45) is 5.41 Å². The molecule has 8 nitrogen and oxygen atoms in total. The van der Waals surface area contributed by atoms with Gasteiger partial charge < -0.3 is 25.4 Å². The van der Waals surface area contributed by atoms with E-state index in [1.54, 1.807) is 19.5 Å². The normalized spacial score (nSPS) is 23.0. The lowest BCUT2D eigenvalue weighted by molar-refractivity contribution is 0.0300. The quantitative estimate of drug-likeness (QED) is 0.428. The Hall–Kier alpha value is -2.00. The maximum atomic E-state index is 6.49. The summed E-state index contributed by atoms with van der Waals surface area (Å²) in [6, 6.07) is 5.25. The lowest BCUT2D eigenvalue weighted by Gasteiger charge is -2.33. The number of nitrogens with zero attached hydrogens (tertiary/aromatic N) is 3. The summed E-state index contributed by atoms with van der Waals surface area (Å²) in [6.45, 7) is 7.77. The van der Waals surface area contributed by atoms with Crippen LogP contribution in [0.2, 0.25) is 5.02 Å². The fraction of sp³-hybridized carbons (Fsp3) is 0.654. The Labute approximate surface area is 214 Å². The highest BCUT2D eigenvalue weighted by Gasteiger charge is 2.27. The summed E-state index contributed by atoms with van der Waals surface area (Å²) < 4.78 is 10.8. The smallest absolute Gasteiger partial charge is 0.223 e. The van der Waals surface area contributed by atoms with Crippen LogP contribution in [0, 0.1) is 5.41 Å². The summed E-state index contributed by atoms with van der Waals surface area (Å²) in [5.74, 6) is 0.600. The van der Waals surface area contributed by atoms with Gasteiger partial charge in [-0.25, -0.2) is 9.97 Å². The summed E-state index contributed by atoms with van der Waals surface area (Å²) in [5.41, 5.74) is 2.64. The van der Waals surface area contributed by atoms with E-state index in [1.165, 1.54) is 0 Å². The Morgan fingerprint density at radius 1 is 1.17 bits per heavy atom. The number of methoxy groups -OCH3 is 1. The van der Waals surface area contributed by atoms with Gasteiger partial charge in [0.15, 0.2) is 0 Å². The van der Waals surface area contributed by atoms with Crippen LogP contribution in [0.1, 0.15) is 52.4 Å². The van der Waals surface area contributed by atoms with E-state index >= 15 is 0 Å². The van der Waals surface area contributed by atoms with Gasteiger partial charge in [0.05, 0.1) is 23.5 Å². The predicted molar refractivity (Wildman–Crippen MR) is 141 cm³/mol. The average molecular weight is 503 g/mol. The Morgan fingerprint density at radius 2 is 1.91 bits per heavy atom. The molecular weight excluding hydrogens is 464 g/mol. The summed E-state index contributed by atoms with van der Waals surface area (Å²) >= 11 is 6.49. The zero-order chi connectivity index (χ0) is 24.7. The zero-order valence-corrected chi connectivity index (χ0v) is 21.9. The first-order valence-electron chi connectivity index (χ1n) is 12.8. The molecule has 1 aliphatic carbocycles. The number of ether oxygens (including phenoxy) is 2. The summed E-state index contributed by atoms with van der Waals surface area (Å²) in [7, 11) is 1.75. The van der Waals surface area contributed by atoms with Crippen molar-refractivity contribution in [3.05, 3.63) is 29.5 Å². The third-order valence-corrected chi connectivity index (χ3v) is 7.44. The third kappa shape index (κ3) is 7.49. The molecule has 0 radical (unpaired) electrons. The standard InChI is InChI=1S/C26H39ClN6O2/c1-18(16-34-3)31-19-4-6-20(7-5-19)32-25-29-15-22(27)24(33-25)23-14-21(8-11-28-23)30-17-26(2)9-12-35-13-10-26/h8,11,14-15,18-20,31H,4-7,9-10,12-13,16-17H2,1-3H3,(H,28,30)(H,29,32,33). The van der Waals surface area contributed by atoms with E-state index in [9.17, 15) is 0 Å². The van der Waals surface area contributed by atoms with Crippen LogP contribution in [0.15, 0.2) is 24.5 Å². The number of aromatic nitrogens is 3. The van der Waals surface area contributed by atoms with Crippen LogP contribution < -0.4 is 16.0 Å². The first kappa shape index (κ1) is 26.1. The maximum absolute atomic E-state index is 6.49. The highest BCUT2D eigenvalue weighted by atomic mass is 35.5. The molecule has 35 heavy (non-hydrogen) atoms. The minimum atomic E-state index is 0.238. The Kier molecular flexibility index (Phi) is 9.16. The lowest BCUT2D eigenvalue weighted by Crippen LogP contribution is -2.43. The van der Waals surface area contributed by atoms with Crippen LogP contribution in [-0.4, -0.2) is 66.6 Å². The van der Waals surface area contributed by atoms with Crippen molar-refractivity contribution in [2.45, 2.75) is 70.5 Å². The zero-order valence-electron chi connectivity index (χ0n) is 21.1. The second kappa shape index (κ2) is 12.3. The molecule has 3 heterocycles. The molecule has 0 amide bonds. The molecule has 2 aromatic rings. The SMILES string of the molecule is COCC(C)NC1CCC(Nc2ncc(Cl)c(-c3cc(NCC4(C)CCOCC4)ccn3)n2)CC1. The second-order valence-electron chi connectivity index (χ2n) is 10.3. The molecule has 1 saturated carbocycles. The molecule has 0 spiro atoms. The van der Waals surface area contributed by atoms with Crippen molar-refractivity contribution in [2.75, 3.05) is 44.1 Å². The summed E-state index contributed by atoms with van der Waals surface area (Å²) in [4.78, 5) is 13.7. The molecule has 1 unspecified atom stereocenters. The number of hydrogen-bond acceptors (Lipinski definition) is 8. The average Bonchev–Trinajstić information content (AvgIpc) is 2.86. The van der Waals surface area contributed by atoms with E-state index in [4.69, 9.17) is 26.1 Å². The van der Waals surface area contributed by atoms with Crippen LogP contribution in [-0.2, 0) is 9.47 Å².